The molecule has 1 atom stereocenters. The fraction of sp³-hybridized carbons (Fsp3) is 0.312. The van der Waals surface area contributed by atoms with E-state index in [0.29, 0.717) is 13.2 Å². The van der Waals surface area contributed by atoms with Crippen molar-refractivity contribution in [3.8, 4) is 11.5 Å². The van der Waals surface area contributed by atoms with Crippen molar-refractivity contribution >= 4 is 11.8 Å². The lowest BCUT2D eigenvalue weighted by atomic mass is 10.1. The van der Waals surface area contributed by atoms with Crippen molar-refractivity contribution in [3.63, 3.8) is 0 Å². The molecule has 1 aromatic carbocycles. The van der Waals surface area contributed by atoms with Gasteiger partial charge in [0.05, 0.1) is 0 Å². The van der Waals surface area contributed by atoms with E-state index in [0.717, 1.165) is 21.4 Å². The molecule has 0 amide bonds. The molecule has 0 spiro atoms. The Kier molecular flexibility index (Phi) is 4.31. The third-order valence-electron chi connectivity index (χ3n) is 3.43. The summed E-state index contributed by atoms with van der Waals surface area (Å²) in [4.78, 5) is 5.61. The third kappa shape index (κ3) is 3.14. The molecule has 0 bridgehead atoms. The van der Waals surface area contributed by atoms with Crippen LogP contribution >= 0.6 is 11.8 Å². The molecule has 1 N–H and O–H groups in total. The van der Waals surface area contributed by atoms with Crippen molar-refractivity contribution in [2.24, 2.45) is 0 Å². The number of hydrogen-bond donors (Lipinski definition) is 1. The van der Waals surface area contributed by atoms with Crippen molar-refractivity contribution in [2.45, 2.75) is 22.9 Å². The van der Waals surface area contributed by atoms with Crippen molar-refractivity contribution in [2.75, 3.05) is 20.3 Å². The topological polar surface area (TPSA) is 43.4 Å². The van der Waals surface area contributed by atoms with Crippen LogP contribution in [0, 0.1) is 0 Å². The zero-order valence-electron chi connectivity index (χ0n) is 12.1. The van der Waals surface area contributed by atoms with E-state index in [1.807, 2.05) is 37.5 Å². The number of hydrogen-bond acceptors (Lipinski definition) is 5. The van der Waals surface area contributed by atoms with Gasteiger partial charge < -0.3 is 14.8 Å². The number of benzene rings is 1. The zero-order valence-corrected chi connectivity index (χ0v) is 12.9. The average Bonchev–Trinajstić information content (AvgIpc) is 2.54. The Morgan fingerprint density at radius 2 is 2.00 bits per heavy atom. The summed E-state index contributed by atoms with van der Waals surface area (Å²) in [5.41, 5.74) is 1.19. The van der Waals surface area contributed by atoms with Gasteiger partial charge in [-0.05, 0) is 38.2 Å². The first-order valence-electron chi connectivity index (χ1n) is 6.97. The standard InChI is InChI=1S/C16H18N2O2S/c1-11(17-2)13-4-3-7-18-16(13)21-12-5-6-14-15(10-12)20-9-8-19-14/h3-7,10-11,17H,8-9H2,1-2H3. The molecule has 110 valence electrons. The molecule has 5 heteroatoms. The number of rotatable bonds is 4. The molecule has 21 heavy (non-hydrogen) atoms. The molecule has 0 saturated carbocycles. The highest BCUT2D eigenvalue weighted by molar-refractivity contribution is 7.99. The fourth-order valence-corrected chi connectivity index (χ4v) is 3.17. The Labute approximate surface area is 128 Å². The molecule has 1 aromatic heterocycles. The average molecular weight is 302 g/mol. The van der Waals surface area contributed by atoms with Crippen LogP contribution in [0.25, 0.3) is 0 Å². The van der Waals surface area contributed by atoms with Gasteiger partial charge in [-0.3, -0.25) is 0 Å². The smallest absolute Gasteiger partial charge is 0.162 e. The quantitative estimate of drug-likeness (QED) is 0.939. The van der Waals surface area contributed by atoms with Crippen LogP contribution in [-0.4, -0.2) is 25.2 Å². The van der Waals surface area contributed by atoms with Crippen LogP contribution in [0.1, 0.15) is 18.5 Å². The van der Waals surface area contributed by atoms with Gasteiger partial charge in [-0.15, -0.1) is 0 Å². The Hall–Kier alpha value is -1.72. The maximum absolute atomic E-state index is 5.63. The highest BCUT2D eigenvalue weighted by Gasteiger charge is 2.15. The fourth-order valence-electron chi connectivity index (χ4n) is 2.17. The summed E-state index contributed by atoms with van der Waals surface area (Å²) in [6, 6.07) is 10.4. The van der Waals surface area contributed by atoms with Crippen molar-refractivity contribution < 1.29 is 9.47 Å². The summed E-state index contributed by atoms with van der Waals surface area (Å²) in [7, 11) is 1.95. The number of aromatic nitrogens is 1. The van der Waals surface area contributed by atoms with Crippen LogP contribution in [0.5, 0.6) is 11.5 Å². The molecular formula is C16H18N2O2S. The Bertz CT molecular complexity index is 633. The summed E-state index contributed by atoms with van der Waals surface area (Å²) in [6.45, 7) is 3.35. The van der Waals surface area contributed by atoms with Gasteiger partial charge in [0.15, 0.2) is 11.5 Å². The van der Waals surface area contributed by atoms with Crippen molar-refractivity contribution in [3.05, 3.63) is 42.1 Å². The monoisotopic (exact) mass is 302 g/mol. The Morgan fingerprint density at radius 1 is 1.19 bits per heavy atom. The van der Waals surface area contributed by atoms with Gasteiger partial charge in [-0.1, -0.05) is 17.8 Å². The van der Waals surface area contributed by atoms with Gasteiger partial charge in [0, 0.05) is 22.7 Å². The number of fused-ring (bicyclic) bond motifs is 1. The minimum Gasteiger partial charge on any atom is -0.486 e. The highest BCUT2D eigenvalue weighted by atomic mass is 32.2. The first-order chi connectivity index (χ1) is 10.3. The maximum atomic E-state index is 5.63. The summed E-state index contributed by atoms with van der Waals surface area (Å²) in [5, 5.41) is 4.27. The van der Waals surface area contributed by atoms with Crippen LogP contribution in [0.2, 0.25) is 0 Å². The van der Waals surface area contributed by atoms with Crippen LogP contribution in [-0.2, 0) is 0 Å². The zero-order chi connectivity index (χ0) is 14.7. The van der Waals surface area contributed by atoms with E-state index >= 15 is 0 Å². The highest BCUT2D eigenvalue weighted by Crippen LogP contribution is 2.37. The summed E-state index contributed by atoms with van der Waals surface area (Å²) in [6.07, 6.45) is 1.83. The molecule has 1 aliphatic heterocycles. The second kappa shape index (κ2) is 6.37. The second-order valence-corrected chi connectivity index (χ2v) is 5.88. The van der Waals surface area contributed by atoms with E-state index in [9.17, 15) is 0 Å². The first-order valence-corrected chi connectivity index (χ1v) is 7.79. The lowest BCUT2D eigenvalue weighted by molar-refractivity contribution is 0.171. The minimum absolute atomic E-state index is 0.262. The SMILES string of the molecule is CNC(C)c1cccnc1Sc1ccc2c(c1)OCCO2. The van der Waals surface area contributed by atoms with E-state index in [1.54, 1.807) is 11.8 Å². The molecule has 1 aliphatic rings. The van der Waals surface area contributed by atoms with E-state index in [-0.39, 0.29) is 6.04 Å². The lowest BCUT2D eigenvalue weighted by Gasteiger charge is -2.19. The van der Waals surface area contributed by atoms with Crippen LogP contribution in [0.15, 0.2) is 46.5 Å². The van der Waals surface area contributed by atoms with Crippen molar-refractivity contribution in [1.82, 2.24) is 10.3 Å². The van der Waals surface area contributed by atoms with Gasteiger partial charge in [0.25, 0.3) is 0 Å². The van der Waals surface area contributed by atoms with Crippen LogP contribution in [0.3, 0.4) is 0 Å². The molecular weight excluding hydrogens is 284 g/mol. The van der Waals surface area contributed by atoms with E-state index in [2.05, 4.69) is 23.3 Å². The van der Waals surface area contributed by atoms with Crippen molar-refractivity contribution in [1.29, 1.82) is 0 Å². The largest absolute Gasteiger partial charge is 0.486 e. The third-order valence-corrected chi connectivity index (χ3v) is 4.45. The van der Waals surface area contributed by atoms with E-state index < -0.39 is 0 Å². The Morgan fingerprint density at radius 3 is 2.81 bits per heavy atom. The predicted molar refractivity (Wildman–Crippen MR) is 83.3 cm³/mol. The summed E-state index contributed by atoms with van der Waals surface area (Å²) < 4.78 is 11.2. The lowest BCUT2D eigenvalue weighted by Crippen LogP contribution is -2.15. The van der Waals surface area contributed by atoms with Gasteiger partial charge in [-0.2, -0.15) is 0 Å². The predicted octanol–water partition coefficient (Wildman–Crippen LogP) is 3.28. The molecule has 4 nitrogen and oxygen atoms in total. The number of nitrogens with one attached hydrogen (secondary N) is 1. The molecule has 1 unspecified atom stereocenters. The second-order valence-electron chi connectivity index (χ2n) is 4.82. The van der Waals surface area contributed by atoms with E-state index in [4.69, 9.17) is 9.47 Å². The molecule has 0 saturated heterocycles. The van der Waals surface area contributed by atoms with Crippen LogP contribution in [0.4, 0.5) is 0 Å². The molecule has 0 radical (unpaired) electrons. The van der Waals surface area contributed by atoms with E-state index in [1.165, 1.54) is 5.56 Å². The van der Waals surface area contributed by atoms with Gasteiger partial charge in [0.2, 0.25) is 0 Å². The van der Waals surface area contributed by atoms with Gasteiger partial charge in [-0.25, -0.2) is 4.98 Å². The molecule has 0 aliphatic carbocycles. The Balaban J connectivity index is 1.87. The van der Waals surface area contributed by atoms with Gasteiger partial charge in [0.1, 0.15) is 18.2 Å². The first kappa shape index (κ1) is 14.2. The number of nitrogens with zero attached hydrogens (tertiary/aromatic N) is 1. The number of pyridine rings is 1. The molecule has 0 fully saturated rings. The maximum Gasteiger partial charge on any atom is 0.162 e. The molecule has 2 heterocycles. The summed E-state index contributed by atoms with van der Waals surface area (Å²) >= 11 is 1.64. The summed E-state index contributed by atoms with van der Waals surface area (Å²) in [5.74, 6) is 1.63. The minimum atomic E-state index is 0.262. The number of ether oxygens (including phenoxy) is 2. The molecule has 3 rings (SSSR count). The van der Waals surface area contributed by atoms with Crippen LogP contribution < -0.4 is 14.8 Å². The van der Waals surface area contributed by atoms with Gasteiger partial charge >= 0.3 is 0 Å². The molecule has 2 aromatic rings. The normalized spacial score (nSPS) is 14.8.